The average molecular weight is 425 g/mol. The third-order valence-electron chi connectivity index (χ3n) is 5.99. The first-order chi connectivity index (χ1) is 15.6. The number of aromatic nitrogens is 4. The topological polar surface area (TPSA) is 82.5 Å². The number of anilines is 1. The Bertz CT molecular complexity index is 1450. The zero-order valence-corrected chi connectivity index (χ0v) is 18.1. The van der Waals surface area contributed by atoms with Gasteiger partial charge >= 0.3 is 0 Å². The van der Waals surface area contributed by atoms with Crippen molar-refractivity contribution in [1.29, 1.82) is 5.26 Å². The summed E-state index contributed by atoms with van der Waals surface area (Å²) in [5, 5.41) is 10.0. The smallest absolute Gasteiger partial charge is 0.267 e. The molecule has 4 heterocycles. The Balaban J connectivity index is 1.72. The number of pyridine rings is 1. The minimum atomic E-state index is -0.198. The van der Waals surface area contributed by atoms with Crippen LogP contribution in [-0.2, 0) is 7.05 Å². The number of rotatable bonds is 3. The normalized spacial score (nSPS) is 15.4. The van der Waals surface area contributed by atoms with Crippen LogP contribution >= 0.6 is 0 Å². The minimum absolute atomic E-state index is 0.198. The molecule has 1 aliphatic heterocycles. The number of nitrogens with zero attached hydrogens (tertiary/aromatic N) is 7. The molecule has 0 unspecified atom stereocenters. The second-order valence-electron chi connectivity index (χ2n) is 8.03. The van der Waals surface area contributed by atoms with Gasteiger partial charge in [0.15, 0.2) is 5.82 Å². The Morgan fingerprint density at radius 3 is 2.53 bits per heavy atom. The van der Waals surface area contributed by atoms with Gasteiger partial charge in [0.2, 0.25) is 0 Å². The van der Waals surface area contributed by atoms with E-state index in [9.17, 15) is 10.1 Å². The molecule has 0 bridgehead atoms. The first kappa shape index (κ1) is 20.0. The van der Waals surface area contributed by atoms with Crippen LogP contribution in [0.4, 0.5) is 5.82 Å². The maximum absolute atomic E-state index is 13.5. The third-order valence-corrected chi connectivity index (χ3v) is 5.99. The van der Waals surface area contributed by atoms with E-state index in [1.807, 2.05) is 48.0 Å². The van der Waals surface area contributed by atoms with Crippen molar-refractivity contribution < 1.29 is 0 Å². The van der Waals surface area contributed by atoms with E-state index in [-0.39, 0.29) is 5.56 Å². The summed E-state index contributed by atoms with van der Waals surface area (Å²) in [6, 6.07) is 15.5. The standard InChI is InChI=1S/C24H23N7O/c1-28-11-13-30(14-12-28)23-18(24(32)31-10-6-5-9-21(31)27-23)15-17(16-25)22-26-19-7-3-4-8-20(19)29(22)2/h3-10,15H,11-14H2,1-2H3. The molecule has 1 saturated heterocycles. The lowest BCUT2D eigenvalue weighted by Crippen LogP contribution is -2.45. The minimum Gasteiger partial charge on any atom is -0.353 e. The molecular formula is C24H23N7O. The van der Waals surface area contributed by atoms with Crippen molar-refractivity contribution in [1.82, 2.24) is 23.8 Å². The molecule has 0 radical (unpaired) electrons. The van der Waals surface area contributed by atoms with Gasteiger partial charge in [-0.05, 0) is 37.4 Å². The molecule has 3 aromatic heterocycles. The molecular weight excluding hydrogens is 402 g/mol. The molecule has 1 fully saturated rings. The zero-order valence-electron chi connectivity index (χ0n) is 18.1. The van der Waals surface area contributed by atoms with E-state index >= 15 is 0 Å². The number of hydrogen-bond donors (Lipinski definition) is 0. The average Bonchev–Trinajstić information content (AvgIpc) is 3.15. The SMILES string of the molecule is CN1CCN(c2nc3ccccn3c(=O)c2C=C(C#N)c2nc3ccccc3n2C)CC1. The lowest BCUT2D eigenvalue weighted by Gasteiger charge is -2.34. The summed E-state index contributed by atoms with van der Waals surface area (Å²) < 4.78 is 3.40. The molecule has 32 heavy (non-hydrogen) atoms. The number of fused-ring (bicyclic) bond motifs is 2. The van der Waals surface area contributed by atoms with Crippen molar-refractivity contribution in [3.8, 4) is 6.07 Å². The molecule has 0 atom stereocenters. The van der Waals surface area contributed by atoms with Gasteiger partial charge in [-0.1, -0.05) is 18.2 Å². The van der Waals surface area contributed by atoms with Gasteiger partial charge in [0, 0.05) is 39.4 Å². The first-order valence-electron chi connectivity index (χ1n) is 10.6. The number of piperazine rings is 1. The predicted octanol–water partition coefficient (Wildman–Crippen LogP) is 2.40. The van der Waals surface area contributed by atoms with Crippen LogP contribution in [0, 0.1) is 11.3 Å². The van der Waals surface area contributed by atoms with Crippen molar-refractivity contribution >= 4 is 34.1 Å². The predicted molar refractivity (Wildman–Crippen MR) is 125 cm³/mol. The van der Waals surface area contributed by atoms with Gasteiger partial charge in [0.05, 0.1) is 22.2 Å². The maximum atomic E-state index is 13.5. The molecule has 0 amide bonds. The highest BCUT2D eigenvalue weighted by molar-refractivity contribution is 5.92. The van der Waals surface area contributed by atoms with E-state index in [1.165, 1.54) is 4.40 Å². The molecule has 0 N–H and O–H groups in total. The van der Waals surface area contributed by atoms with Gasteiger partial charge in [0.25, 0.3) is 5.56 Å². The van der Waals surface area contributed by atoms with Gasteiger partial charge < -0.3 is 14.4 Å². The van der Waals surface area contributed by atoms with Crippen LogP contribution in [0.1, 0.15) is 11.4 Å². The fourth-order valence-corrected chi connectivity index (χ4v) is 4.15. The van der Waals surface area contributed by atoms with Crippen molar-refractivity contribution in [3.63, 3.8) is 0 Å². The molecule has 8 nitrogen and oxygen atoms in total. The van der Waals surface area contributed by atoms with E-state index < -0.39 is 0 Å². The van der Waals surface area contributed by atoms with E-state index in [2.05, 4.69) is 27.9 Å². The summed E-state index contributed by atoms with van der Waals surface area (Å²) in [5.41, 5.74) is 2.85. The number of para-hydroxylation sites is 2. The van der Waals surface area contributed by atoms with Crippen LogP contribution in [0.5, 0.6) is 0 Å². The van der Waals surface area contributed by atoms with E-state index in [4.69, 9.17) is 4.98 Å². The molecule has 1 aliphatic rings. The highest BCUT2D eigenvalue weighted by Crippen LogP contribution is 2.25. The van der Waals surface area contributed by atoms with E-state index in [0.29, 0.717) is 28.4 Å². The monoisotopic (exact) mass is 425 g/mol. The number of allylic oxidation sites excluding steroid dienone is 1. The summed E-state index contributed by atoms with van der Waals surface area (Å²) in [6.07, 6.45) is 3.35. The van der Waals surface area contributed by atoms with Crippen molar-refractivity contribution in [2.45, 2.75) is 0 Å². The molecule has 8 heteroatoms. The Labute approximate surface area is 185 Å². The largest absolute Gasteiger partial charge is 0.353 e. The van der Waals surface area contributed by atoms with Crippen LogP contribution in [0.15, 0.2) is 53.5 Å². The lowest BCUT2D eigenvalue weighted by molar-refractivity contribution is 0.312. The quantitative estimate of drug-likeness (QED) is 0.469. The number of hydrogen-bond acceptors (Lipinski definition) is 6. The van der Waals surface area contributed by atoms with Crippen molar-refractivity contribution in [2.24, 2.45) is 7.05 Å². The number of imidazole rings is 1. The van der Waals surface area contributed by atoms with Gasteiger partial charge in [0.1, 0.15) is 17.5 Å². The number of aryl methyl sites for hydroxylation is 1. The highest BCUT2D eigenvalue weighted by Gasteiger charge is 2.22. The highest BCUT2D eigenvalue weighted by atomic mass is 16.1. The van der Waals surface area contributed by atoms with Crippen LogP contribution in [-0.4, -0.2) is 57.1 Å². The molecule has 0 saturated carbocycles. The Morgan fingerprint density at radius 2 is 1.78 bits per heavy atom. The molecule has 5 rings (SSSR count). The molecule has 0 aliphatic carbocycles. The molecule has 160 valence electrons. The Hall–Kier alpha value is -3.96. The fourth-order valence-electron chi connectivity index (χ4n) is 4.15. The van der Waals surface area contributed by atoms with Crippen molar-refractivity contribution in [2.75, 3.05) is 38.1 Å². The Kier molecular flexibility index (Phi) is 4.96. The summed E-state index contributed by atoms with van der Waals surface area (Å²) >= 11 is 0. The van der Waals surface area contributed by atoms with Crippen LogP contribution < -0.4 is 10.5 Å². The summed E-state index contributed by atoms with van der Waals surface area (Å²) in [6.45, 7) is 3.30. The van der Waals surface area contributed by atoms with E-state index in [1.54, 1.807) is 18.3 Å². The van der Waals surface area contributed by atoms with Crippen LogP contribution in [0.25, 0.3) is 28.3 Å². The van der Waals surface area contributed by atoms with Crippen LogP contribution in [0.2, 0.25) is 0 Å². The van der Waals surface area contributed by atoms with Crippen molar-refractivity contribution in [3.05, 3.63) is 70.4 Å². The van der Waals surface area contributed by atoms with Gasteiger partial charge in [-0.3, -0.25) is 9.20 Å². The maximum Gasteiger partial charge on any atom is 0.267 e. The fraction of sp³-hybridized carbons (Fsp3) is 0.250. The molecule has 0 spiro atoms. The second-order valence-corrected chi connectivity index (χ2v) is 8.03. The van der Waals surface area contributed by atoms with Gasteiger partial charge in [-0.15, -0.1) is 0 Å². The van der Waals surface area contributed by atoms with E-state index in [0.717, 1.165) is 37.2 Å². The lowest BCUT2D eigenvalue weighted by atomic mass is 10.1. The zero-order chi connectivity index (χ0) is 22.2. The summed E-state index contributed by atoms with van der Waals surface area (Å²) in [5.74, 6) is 1.14. The second kappa shape index (κ2) is 7.94. The van der Waals surface area contributed by atoms with Crippen LogP contribution in [0.3, 0.4) is 0 Å². The summed E-state index contributed by atoms with van der Waals surface area (Å²) in [7, 11) is 3.96. The Morgan fingerprint density at radius 1 is 1.03 bits per heavy atom. The number of nitriles is 1. The molecule has 1 aromatic carbocycles. The third kappa shape index (κ3) is 3.33. The van der Waals surface area contributed by atoms with Gasteiger partial charge in [-0.25, -0.2) is 9.97 Å². The van der Waals surface area contributed by atoms with Gasteiger partial charge in [-0.2, -0.15) is 5.26 Å². The number of likely N-dealkylation sites (N-methyl/N-ethyl adjacent to an activating group) is 1. The molecule has 4 aromatic rings. The first-order valence-corrected chi connectivity index (χ1v) is 10.6. The number of benzene rings is 1. The summed E-state index contributed by atoms with van der Waals surface area (Å²) in [4.78, 5) is 27.3.